The van der Waals surface area contributed by atoms with Crippen molar-refractivity contribution in [1.29, 1.82) is 0 Å². The molecule has 1 aromatic heterocycles. The lowest BCUT2D eigenvalue weighted by Crippen LogP contribution is -2.34. The molecule has 0 fully saturated rings. The van der Waals surface area contributed by atoms with Gasteiger partial charge in [-0.3, -0.25) is 0 Å². The SMILES string of the molecule is Cc1oc(C)c(S(=O)(=O)N2CC=CCC2)c1CO. The number of nitrogens with zero attached hydrogens (tertiary/aromatic N) is 1. The fourth-order valence-corrected chi connectivity index (χ4v) is 4.01. The van der Waals surface area contributed by atoms with E-state index in [1.165, 1.54) is 4.31 Å². The van der Waals surface area contributed by atoms with Crippen LogP contribution < -0.4 is 0 Å². The Bertz CT molecular complexity index is 571. The Kier molecular flexibility index (Phi) is 3.61. The molecule has 6 heteroatoms. The van der Waals surface area contributed by atoms with Crippen molar-refractivity contribution in [1.82, 2.24) is 4.31 Å². The van der Waals surface area contributed by atoms with E-state index < -0.39 is 10.0 Å². The molecule has 0 radical (unpaired) electrons. The van der Waals surface area contributed by atoms with E-state index in [1.54, 1.807) is 13.8 Å². The molecule has 100 valence electrons. The van der Waals surface area contributed by atoms with Gasteiger partial charge in [-0.2, -0.15) is 4.31 Å². The van der Waals surface area contributed by atoms with Crippen molar-refractivity contribution in [3.63, 3.8) is 0 Å². The smallest absolute Gasteiger partial charge is 0.247 e. The number of aliphatic hydroxyl groups excluding tert-OH is 1. The van der Waals surface area contributed by atoms with Crippen LogP contribution in [-0.4, -0.2) is 30.9 Å². The average Bonchev–Trinajstić information content (AvgIpc) is 2.65. The molecule has 1 aliphatic rings. The molecule has 18 heavy (non-hydrogen) atoms. The highest BCUT2D eigenvalue weighted by atomic mass is 32.2. The second kappa shape index (κ2) is 4.87. The van der Waals surface area contributed by atoms with E-state index in [2.05, 4.69) is 0 Å². The predicted octanol–water partition coefficient (Wildman–Crippen LogP) is 1.34. The Morgan fingerprint density at radius 3 is 2.61 bits per heavy atom. The fraction of sp³-hybridized carbons (Fsp3) is 0.500. The van der Waals surface area contributed by atoms with Crippen molar-refractivity contribution in [2.24, 2.45) is 0 Å². The maximum atomic E-state index is 12.5. The molecule has 0 spiro atoms. The minimum absolute atomic E-state index is 0.123. The maximum Gasteiger partial charge on any atom is 0.247 e. The van der Waals surface area contributed by atoms with E-state index in [0.29, 0.717) is 36.6 Å². The molecule has 1 N–H and O–H groups in total. The van der Waals surface area contributed by atoms with Gasteiger partial charge in [0.2, 0.25) is 10.0 Å². The van der Waals surface area contributed by atoms with Gasteiger partial charge in [0.1, 0.15) is 16.4 Å². The van der Waals surface area contributed by atoms with Gasteiger partial charge in [-0.25, -0.2) is 8.42 Å². The van der Waals surface area contributed by atoms with Crippen LogP contribution in [0.3, 0.4) is 0 Å². The predicted molar refractivity (Wildman–Crippen MR) is 66.6 cm³/mol. The van der Waals surface area contributed by atoms with Gasteiger partial charge in [-0.1, -0.05) is 12.2 Å². The van der Waals surface area contributed by atoms with Gasteiger partial charge in [0.25, 0.3) is 0 Å². The Hall–Kier alpha value is -1.11. The molecule has 2 heterocycles. The van der Waals surface area contributed by atoms with Crippen LogP contribution in [0.4, 0.5) is 0 Å². The molecule has 0 bridgehead atoms. The van der Waals surface area contributed by atoms with E-state index in [0.717, 1.165) is 0 Å². The molecule has 0 unspecified atom stereocenters. The third kappa shape index (κ3) is 2.11. The summed E-state index contributed by atoms with van der Waals surface area (Å²) in [6.45, 7) is 3.78. The lowest BCUT2D eigenvalue weighted by Gasteiger charge is -2.22. The van der Waals surface area contributed by atoms with Gasteiger partial charge in [-0.15, -0.1) is 0 Å². The normalized spacial score (nSPS) is 17.3. The van der Waals surface area contributed by atoms with Gasteiger partial charge >= 0.3 is 0 Å². The zero-order valence-corrected chi connectivity index (χ0v) is 11.3. The fourth-order valence-electron chi connectivity index (χ4n) is 2.20. The summed E-state index contributed by atoms with van der Waals surface area (Å²) in [6, 6.07) is 0. The summed E-state index contributed by atoms with van der Waals surface area (Å²) in [7, 11) is -3.59. The number of aryl methyl sites for hydroxylation is 2. The largest absolute Gasteiger partial charge is 0.465 e. The van der Waals surface area contributed by atoms with Gasteiger partial charge in [0, 0.05) is 18.7 Å². The Labute approximate surface area is 107 Å². The molecular weight excluding hydrogens is 254 g/mol. The van der Waals surface area contributed by atoms with E-state index in [-0.39, 0.29) is 11.5 Å². The van der Waals surface area contributed by atoms with Crippen LogP contribution in [0.15, 0.2) is 21.5 Å². The van der Waals surface area contributed by atoms with Gasteiger partial charge in [0.15, 0.2) is 0 Å². The second-order valence-electron chi connectivity index (χ2n) is 4.30. The highest BCUT2D eigenvalue weighted by Gasteiger charge is 2.31. The molecule has 0 atom stereocenters. The number of rotatable bonds is 3. The first-order valence-corrected chi connectivity index (χ1v) is 7.27. The summed E-state index contributed by atoms with van der Waals surface area (Å²) in [5.41, 5.74) is 0.363. The third-order valence-corrected chi connectivity index (χ3v) is 5.16. The Morgan fingerprint density at radius 2 is 2.06 bits per heavy atom. The quantitative estimate of drug-likeness (QED) is 0.842. The number of aliphatic hydroxyl groups is 1. The van der Waals surface area contributed by atoms with Crippen molar-refractivity contribution in [3.05, 3.63) is 29.2 Å². The van der Waals surface area contributed by atoms with E-state index in [9.17, 15) is 13.5 Å². The topological polar surface area (TPSA) is 70.8 Å². The van der Waals surface area contributed by atoms with Crippen LogP contribution in [-0.2, 0) is 16.6 Å². The zero-order chi connectivity index (χ0) is 13.3. The summed E-state index contributed by atoms with van der Waals surface area (Å²) >= 11 is 0. The molecule has 1 aromatic rings. The highest BCUT2D eigenvalue weighted by Crippen LogP contribution is 2.29. The molecule has 2 rings (SSSR count). The van der Waals surface area contributed by atoms with Crippen molar-refractivity contribution in [2.75, 3.05) is 13.1 Å². The lowest BCUT2D eigenvalue weighted by molar-refractivity contribution is 0.276. The van der Waals surface area contributed by atoms with Crippen molar-refractivity contribution < 1.29 is 17.9 Å². The minimum atomic E-state index is -3.59. The van der Waals surface area contributed by atoms with Crippen LogP contribution >= 0.6 is 0 Å². The summed E-state index contributed by atoms with van der Waals surface area (Å²) in [5.74, 6) is 0.798. The molecule has 0 amide bonds. The first-order chi connectivity index (χ1) is 8.48. The summed E-state index contributed by atoms with van der Waals surface area (Å²) in [6.07, 6.45) is 4.51. The van der Waals surface area contributed by atoms with Crippen LogP contribution in [0.1, 0.15) is 23.5 Å². The average molecular weight is 271 g/mol. The Balaban J connectivity index is 2.50. The van der Waals surface area contributed by atoms with E-state index >= 15 is 0 Å². The summed E-state index contributed by atoms with van der Waals surface area (Å²) in [5, 5.41) is 9.32. The van der Waals surface area contributed by atoms with Crippen LogP contribution in [0.5, 0.6) is 0 Å². The molecule has 0 saturated heterocycles. The van der Waals surface area contributed by atoms with E-state index in [1.807, 2.05) is 12.2 Å². The first kappa shape index (κ1) is 13.3. The van der Waals surface area contributed by atoms with Crippen molar-refractivity contribution in [2.45, 2.75) is 31.8 Å². The standard InChI is InChI=1S/C12H17NO4S/c1-9-11(8-14)12(10(2)17-9)18(15,16)13-6-4-3-5-7-13/h3-4,14H,5-8H2,1-2H3. The van der Waals surface area contributed by atoms with E-state index in [4.69, 9.17) is 4.42 Å². The summed E-state index contributed by atoms with van der Waals surface area (Å²) < 4.78 is 31.8. The van der Waals surface area contributed by atoms with Crippen LogP contribution in [0.2, 0.25) is 0 Å². The molecule has 0 saturated carbocycles. The molecule has 1 aliphatic heterocycles. The monoisotopic (exact) mass is 271 g/mol. The molecule has 0 aliphatic carbocycles. The summed E-state index contributed by atoms with van der Waals surface area (Å²) in [4.78, 5) is 0.123. The second-order valence-corrected chi connectivity index (χ2v) is 6.18. The maximum absolute atomic E-state index is 12.5. The zero-order valence-electron chi connectivity index (χ0n) is 10.5. The third-order valence-electron chi connectivity index (χ3n) is 3.10. The first-order valence-electron chi connectivity index (χ1n) is 5.83. The number of sulfonamides is 1. The molecular formula is C12H17NO4S. The highest BCUT2D eigenvalue weighted by molar-refractivity contribution is 7.89. The lowest BCUT2D eigenvalue weighted by atomic mass is 10.2. The minimum Gasteiger partial charge on any atom is -0.465 e. The number of furan rings is 1. The van der Waals surface area contributed by atoms with Gasteiger partial charge in [0.05, 0.1) is 6.61 Å². The molecule has 0 aromatic carbocycles. The van der Waals surface area contributed by atoms with Crippen LogP contribution in [0.25, 0.3) is 0 Å². The Morgan fingerprint density at radius 1 is 1.33 bits per heavy atom. The van der Waals surface area contributed by atoms with Crippen molar-refractivity contribution >= 4 is 10.0 Å². The molecule has 5 nitrogen and oxygen atoms in total. The number of hydrogen-bond acceptors (Lipinski definition) is 4. The number of hydrogen-bond donors (Lipinski definition) is 1. The van der Waals surface area contributed by atoms with Gasteiger partial charge in [-0.05, 0) is 20.3 Å². The van der Waals surface area contributed by atoms with Gasteiger partial charge < -0.3 is 9.52 Å². The van der Waals surface area contributed by atoms with Crippen molar-refractivity contribution in [3.8, 4) is 0 Å². The van der Waals surface area contributed by atoms with Crippen LogP contribution in [0, 0.1) is 13.8 Å².